The van der Waals surface area contributed by atoms with E-state index in [0.29, 0.717) is 25.2 Å². The number of aliphatic hydroxyl groups is 1. The quantitative estimate of drug-likeness (QED) is 0.375. The highest BCUT2D eigenvalue weighted by Gasteiger charge is 2.15. The normalized spacial score (nSPS) is 14.6. The van der Waals surface area contributed by atoms with Crippen molar-refractivity contribution in [3.8, 4) is 0 Å². The van der Waals surface area contributed by atoms with Crippen LogP contribution in [0.4, 0.5) is 0 Å². The molecule has 0 aromatic heterocycles. The van der Waals surface area contributed by atoms with Gasteiger partial charge in [0.15, 0.2) is 11.6 Å². The second-order valence-electron chi connectivity index (χ2n) is 9.83. The van der Waals surface area contributed by atoms with Crippen LogP contribution in [0.1, 0.15) is 40.8 Å². The predicted molar refractivity (Wildman–Crippen MR) is 170 cm³/mol. The van der Waals surface area contributed by atoms with E-state index in [9.17, 15) is 9.59 Å². The summed E-state index contributed by atoms with van der Waals surface area (Å²) in [5.41, 5.74) is 7.11. The van der Waals surface area contributed by atoms with Gasteiger partial charge in [0.1, 0.15) is 0 Å². The molecule has 8 heteroatoms. The summed E-state index contributed by atoms with van der Waals surface area (Å²) in [5, 5.41) is 16.7. The van der Waals surface area contributed by atoms with Crippen LogP contribution in [-0.2, 0) is 22.4 Å². The molecule has 0 spiro atoms. The summed E-state index contributed by atoms with van der Waals surface area (Å²) >= 11 is 5.46. The number of ketones is 2. The summed E-state index contributed by atoms with van der Waals surface area (Å²) in [5.74, 6) is 0.515. The lowest BCUT2D eigenvalue weighted by Gasteiger charge is -2.26. The van der Waals surface area contributed by atoms with E-state index in [0.717, 1.165) is 65.0 Å². The number of piperazine rings is 2. The van der Waals surface area contributed by atoms with Crippen LogP contribution in [-0.4, -0.2) is 93.5 Å². The maximum absolute atomic E-state index is 12.1. The fraction of sp³-hybridized carbons (Fsp3) is 0.562. The monoisotopic (exact) mass is 576 g/mol. The summed E-state index contributed by atoms with van der Waals surface area (Å²) in [6, 6.07) is 12.3. The minimum absolute atomic E-state index is 0. The SMILES string of the molecule is C.C1CNCCN1.CO.Cc1cccc(C)c1CC(=O)CCl.Cc1cccc(C)c1CC(=O)CN1CCNCC1. The van der Waals surface area contributed by atoms with Crippen LogP contribution in [0, 0.1) is 27.7 Å². The standard InChI is InChI=1S/C15H22N2O.C11H13ClO.C4H10N2.CH4O.CH4/c1-12-4-3-5-13(2)15(12)10-14(18)11-17-8-6-16-7-9-17;1-8-4-3-5-9(2)11(8)6-10(13)7-12;1-2-6-4-3-5-1;1-2;/h3-5,16H,6-11H2,1-2H3;3-5H,6-7H2,1-2H3;5-6H,1-4H2;2H,1H3;1H4. The molecular weight excluding hydrogens is 524 g/mol. The van der Waals surface area contributed by atoms with Crippen LogP contribution in [0.2, 0.25) is 0 Å². The Kier molecular flexibility index (Phi) is 21.3. The summed E-state index contributed by atoms with van der Waals surface area (Å²) in [6.07, 6.45) is 1.03. The second-order valence-corrected chi connectivity index (χ2v) is 10.1. The number of Topliss-reactive ketones (excluding diaryl/α,β-unsaturated/α-hetero) is 2. The fourth-order valence-corrected chi connectivity index (χ4v) is 4.57. The van der Waals surface area contributed by atoms with Crippen LogP contribution >= 0.6 is 11.6 Å². The third-order valence-corrected chi connectivity index (χ3v) is 7.05. The molecule has 0 amide bonds. The van der Waals surface area contributed by atoms with Gasteiger partial charge in [0.2, 0.25) is 0 Å². The average Bonchev–Trinajstić information content (AvgIpc) is 2.96. The van der Waals surface area contributed by atoms with Crippen molar-refractivity contribution in [3.63, 3.8) is 0 Å². The molecule has 0 bridgehead atoms. The molecule has 40 heavy (non-hydrogen) atoms. The smallest absolute Gasteiger partial charge is 0.151 e. The number of alkyl halides is 1. The third-order valence-electron chi connectivity index (χ3n) is 6.75. The van der Waals surface area contributed by atoms with E-state index in [1.807, 2.05) is 32.0 Å². The van der Waals surface area contributed by atoms with Crippen molar-refractivity contribution < 1.29 is 14.7 Å². The van der Waals surface area contributed by atoms with Crippen LogP contribution in [0.25, 0.3) is 0 Å². The number of hydrogen-bond donors (Lipinski definition) is 4. The van der Waals surface area contributed by atoms with Gasteiger partial charge in [-0.15, -0.1) is 11.6 Å². The molecule has 2 saturated heterocycles. The second kappa shape index (κ2) is 22.5. The van der Waals surface area contributed by atoms with E-state index in [1.165, 1.54) is 27.8 Å². The first-order valence-corrected chi connectivity index (χ1v) is 14.3. The van der Waals surface area contributed by atoms with E-state index < -0.39 is 0 Å². The molecule has 7 nitrogen and oxygen atoms in total. The van der Waals surface area contributed by atoms with Gasteiger partial charge in [-0.25, -0.2) is 0 Å². The Labute approximate surface area is 248 Å². The molecule has 2 aromatic carbocycles. The third kappa shape index (κ3) is 15.0. The molecule has 0 aliphatic carbocycles. The largest absolute Gasteiger partial charge is 0.400 e. The molecule has 2 aliphatic heterocycles. The predicted octanol–water partition coefficient (Wildman–Crippen LogP) is 3.40. The molecule has 4 N–H and O–H groups in total. The maximum atomic E-state index is 12.1. The first-order chi connectivity index (χ1) is 18.8. The first kappa shape index (κ1) is 37.9. The van der Waals surface area contributed by atoms with Crippen molar-refractivity contribution >= 4 is 23.2 Å². The first-order valence-electron chi connectivity index (χ1n) is 13.8. The van der Waals surface area contributed by atoms with E-state index in [4.69, 9.17) is 16.7 Å². The van der Waals surface area contributed by atoms with Gasteiger partial charge in [-0.05, 0) is 61.1 Å². The number of nitrogens with zero attached hydrogens (tertiary/aromatic N) is 1. The molecule has 226 valence electrons. The Morgan fingerprint density at radius 2 is 1.05 bits per heavy atom. The van der Waals surface area contributed by atoms with Crippen molar-refractivity contribution in [1.29, 1.82) is 0 Å². The fourth-order valence-electron chi connectivity index (χ4n) is 4.48. The summed E-state index contributed by atoms with van der Waals surface area (Å²) < 4.78 is 0. The molecule has 2 heterocycles. The summed E-state index contributed by atoms with van der Waals surface area (Å²) in [4.78, 5) is 25.5. The van der Waals surface area contributed by atoms with Crippen molar-refractivity contribution in [3.05, 3.63) is 69.8 Å². The number of hydrogen-bond acceptors (Lipinski definition) is 7. The van der Waals surface area contributed by atoms with Gasteiger partial charge in [0.05, 0.1) is 12.4 Å². The summed E-state index contributed by atoms with van der Waals surface area (Å²) in [6.45, 7) is 17.3. The van der Waals surface area contributed by atoms with E-state index in [1.54, 1.807) is 0 Å². The highest BCUT2D eigenvalue weighted by molar-refractivity contribution is 6.27. The topological polar surface area (TPSA) is 93.7 Å². The number of carbonyl (C=O) groups excluding carboxylic acids is 2. The molecule has 0 saturated carbocycles. The Bertz CT molecular complexity index is 938. The van der Waals surface area contributed by atoms with Crippen LogP contribution < -0.4 is 16.0 Å². The van der Waals surface area contributed by atoms with Crippen molar-refractivity contribution in [2.24, 2.45) is 0 Å². The molecule has 0 atom stereocenters. The Hall–Kier alpha value is -2.13. The number of nitrogens with one attached hydrogen (secondary N) is 3. The Balaban J connectivity index is 0.000000604. The van der Waals surface area contributed by atoms with E-state index >= 15 is 0 Å². The molecular formula is C32H53ClN4O3. The highest BCUT2D eigenvalue weighted by atomic mass is 35.5. The number of aliphatic hydroxyl groups excluding tert-OH is 1. The number of carbonyl (C=O) groups is 2. The maximum Gasteiger partial charge on any atom is 0.151 e. The van der Waals surface area contributed by atoms with Crippen molar-refractivity contribution in [2.45, 2.75) is 48.0 Å². The van der Waals surface area contributed by atoms with Gasteiger partial charge < -0.3 is 21.1 Å². The van der Waals surface area contributed by atoms with Gasteiger partial charge in [-0.2, -0.15) is 0 Å². The number of rotatable bonds is 7. The van der Waals surface area contributed by atoms with Gasteiger partial charge in [-0.3, -0.25) is 14.5 Å². The molecule has 2 aliphatic rings. The van der Waals surface area contributed by atoms with E-state index in [2.05, 4.69) is 52.9 Å². The van der Waals surface area contributed by atoms with Gasteiger partial charge >= 0.3 is 0 Å². The zero-order chi connectivity index (χ0) is 29.0. The number of halogens is 1. The Morgan fingerprint density at radius 3 is 1.40 bits per heavy atom. The lowest BCUT2D eigenvalue weighted by Crippen LogP contribution is -2.45. The molecule has 0 unspecified atom stereocenters. The van der Waals surface area contributed by atoms with Crippen LogP contribution in [0.5, 0.6) is 0 Å². The zero-order valence-corrected chi connectivity index (χ0v) is 25.3. The Morgan fingerprint density at radius 1 is 0.700 bits per heavy atom. The lowest BCUT2D eigenvalue weighted by molar-refractivity contribution is -0.119. The van der Waals surface area contributed by atoms with Crippen LogP contribution in [0.15, 0.2) is 36.4 Å². The summed E-state index contributed by atoms with van der Waals surface area (Å²) in [7, 11) is 1.00. The van der Waals surface area contributed by atoms with E-state index in [-0.39, 0.29) is 19.1 Å². The zero-order valence-electron chi connectivity index (χ0n) is 24.5. The van der Waals surface area contributed by atoms with Gasteiger partial charge in [-0.1, -0.05) is 43.8 Å². The highest BCUT2D eigenvalue weighted by Crippen LogP contribution is 2.15. The minimum Gasteiger partial charge on any atom is -0.400 e. The number of aryl methyl sites for hydroxylation is 4. The average molecular weight is 577 g/mol. The van der Waals surface area contributed by atoms with Crippen molar-refractivity contribution in [1.82, 2.24) is 20.9 Å². The van der Waals surface area contributed by atoms with Crippen molar-refractivity contribution in [2.75, 3.05) is 71.9 Å². The molecule has 2 aromatic rings. The molecule has 2 fully saturated rings. The van der Waals surface area contributed by atoms with Gasteiger partial charge in [0, 0.05) is 72.3 Å². The molecule has 0 radical (unpaired) electrons. The molecule has 4 rings (SSSR count). The van der Waals surface area contributed by atoms with Crippen LogP contribution in [0.3, 0.4) is 0 Å². The number of benzene rings is 2. The minimum atomic E-state index is 0. The lowest BCUT2D eigenvalue weighted by atomic mass is 9.98. The van der Waals surface area contributed by atoms with Gasteiger partial charge in [0.25, 0.3) is 0 Å².